The molecule has 1 aromatic rings. The van der Waals surface area contributed by atoms with Gasteiger partial charge in [-0.05, 0) is 37.1 Å². The lowest BCUT2D eigenvalue weighted by atomic mass is 10.1. The molecule has 0 aliphatic carbocycles. The number of benzene rings is 1. The number of carboxylic acid groups (broad SMARTS) is 1. The molecule has 1 aliphatic heterocycles. The van der Waals surface area contributed by atoms with Crippen LogP contribution in [0.2, 0.25) is 0 Å². The monoisotopic (exact) mass is 332 g/mol. The molecule has 132 valence electrons. The van der Waals surface area contributed by atoms with Crippen molar-refractivity contribution in [3.63, 3.8) is 0 Å². The van der Waals surface area contributed by atoms with Crippen molar-refractivity contribution in [2.24, 2.45) is 5.92 Å². The Balaban J connectivity index is 2.08. The number of nitrogens with zero attached hydrogens (tertiary/aromatic N) is 2. The van der Waals surface area contributed by atoms with Gasteiger partial charge in [0.15, 0.2) is 0 Å². The summed E-state index contributed by atoms with van der Waals surface area (Å²) in [5.74, 6) is -1.60. The third-order valence-corrected chi connectivity index (χ3v) is 4.56. The Bertz CT molecular complexity index is 548. The van der Waals surface area contributed by atoms with Gasteiger partial charge in [0, 0.05) is 37.4 Å². The summed E-state index contributed by atoms with van der Waals surface area (Å²) in [6, 6.07) is 7.95. The van der Waals surface area contributed by atoms with E-state index in [1.165, 1.54) is 18.5 Å². The van der Waals surface area contributed by atoms with E-state index in [4.69, 9.17) is 5.11 Å². The number of carboxylic acids is 1. The van der Waals surface area contributed by atoms with Gasteiger partial charge in [-0.25, -0.2) is 0 Å². The fraction of sp³-hybridized carbons (Fsp3) is 0.579. The minimum absolute atomic E-state index is 0.0935. The maximum atomic E-state index is 12.0. The summed E-state index contributed by atoms with van der Waals surface area (Å²) in [6.07, 6.45) is 4.75. The van der Waals surface area contributed by atoms with E-state index in [2.05, 4.69) is 18.7 Å². The van der Waals surface area contributed by atoms with E-state index in [1.807, 2.05) is 24.3 Å². The molecule has 1 amide bonds. The van der Waals surface area contributed by atoms with E-state index in [0.29, 0.717) is 0 Å². The topological polar surface area (TPSA) is 60.9 Å². The number of carbonyl (C=O) groups is 2. The fourth-order valence-electron chi connectivity index (χ4n) is 3.03. The number of anilines is 2. The predicted octanol–water partition coefficient (Wildman–Crippen LogP) is 3.53. The van der Waals surface area contributed by atoms with Crippen LogP contribution in [0.4, 0.5) is 11.4 Å². The molecular formula is C19H28N2O3. The number of carbonyl (C=O) groups excluding carboxylic acids is 1. The first-order chi connectivity index (χ1) is 11.6. The molecule has 5 heteroatoms. The third-order valence-electron chi connectivity index (χ3n) is 4.56. The zero-order valence-electron chi connectivity index (χ0n) is 14.7. The van der Waals surface area contributed by atoms with Crippen LogP contribution in [-0.4, -0.2) is 36.6 Å². The van der Waals surface area contributed by atoms with Gasteiger partial charge in [0.1, 0.15) is 0 Å². The van der Waals surface area contributed by atoms with Crippen LogP contribution in [0.1, 0.15) is 46.0 Å². The van der Waals surface area contributed by atoms with Crippen molar-refractivity contribution in [2.45, 2.75) is 46.0 Å². The number of hydrogen-bond donors (Lipinski definition) is 1. The molecule has 0 spiro atoms. The Labute approximate surface area is 144 Å². The number of rotatable bonds is 9. The molecule has 1 aliphatic rings. The van der Waals surface area contributed by atoms with Crippen molar-refractivity contribution in [3.8, 4) is 0 Å². The summed E-state index contributed by atoms with van der Waals surface area (Å²) in [5.41, 5.74) is 1.96. The van der Waals surface area contributed by atoms with Crippen molar-refractivity contribution >= 4 is 23.3 Å². The average Bonchev–Trinajstić information content (AvgIpc) is 2.97. The summed E-state index contributed by atoms with van der Waals surface area (Å²) >= 11 is 0. The molecule has 0 aromatic heterocycles. The number of amides is 1. The van der Waals surface area contributed by atoms with Crippen LogP contribution in [0.5, 0.6) is 0 Å². The van der Waals surface area contributed by atoms with Gasteiger partial charge < -0.3 is 14.9 Å². The van der Waals surface area contributed by atoms with E-state index in [-0.39, 0.29) is 18.9 Å². The van der Waals surface area contributed by atoms with Crippen molar-refractivity contribution in [1.29, 1.82) is 0 Å². The molecule has 1 atom stereocenters. The second-order valence-corrected chi connectivity index (χ2v) is 6.45. The van der Waals surface area contributed by atoms with E-state index >= 15 is 0 Å². The van der Waals surface area contributed by atoms with Gasteiger partial charge in [-0.15, -0.1) is 0 Å². The van der Waals surface area contributed by atoms with Gasteiger partial charge in [0.05, 0.1) is 5.92 Å². The molecular weight excluding hydrogens is 304 g/mol. The Morgan fingerprint density at radius 3 is 2.21 bits per heavy atom. The highest BCUT2D eigenvalue weighted by Crippen LogP contribution is 2.27. The van der Waals surface area contributed by atoms with E-state index in [0.717, 1.165) is 31.6 Å². The van der Waals surface area contributed by atoms with Crippen LogP contribution < -0.4 is 9.80 Å². The highest BCUT2D eigenvalue weighted by atomic mass is 16.4. The summed E-state index contributed by atoms with van der Waals surface area (Å²) in [5, 5.41) is 9.09. The van der Waals surface area contributed by atoms with Crippen molar-refractivity contribution in [3.05, 3.63) is 24.3 Å². The molecule has 2 rings (SSSR count). The lowest BCUT2D eigenvalue weighted by Gasteiger charge is -2.25. The highest BCUT2D eigenvalue weighted by Gasteiger charge is 2.34. The number of aliphatic carboxylic acids is 1. The van der Waals surface area contributed by atoms with E-state index in [1.54, 1.807) is 4.90 Å². The molecule has 5 nitrogen and oxygen atoms in total. The molecule has 0 saturated carbocycles. The molecule has 0 bridgehead atoms. The van der Waals surface area contributed by atoms with Crippen molar-refractivity contribution < 1.29 is 14.7 Å². The van der Waals surface area contributed by atoms with E-state index < -0.39 is 11.9 Å². The van der Waals surface area contributed by atoms with Crippen LogP contribution in [0.25, 0.3) is 0 Å². The summed E-state index contributed by atoms with van der Waals surface area (Å²) in [6.45, 7) is 6.74. The Morgan fingerprint density at radius 1 is 1.17 bits per heavy atom. The second kappa shape index (κ2) is 8.71. The van der Waals surface area contributed by atoms with Crippen LogP contribution in [0.15, 0.2) is 24.3 Å². The molecule has 1 fully saturated rings. The van der Waals surface area contributed by atoms with Crippen LogP contribution >= 0.6 is 0 Å². The minimum atomic E-state index is -0.896. The second-order valence-electron chi connectivity index (χ2n) is 6.45. The molecule has 0 unspecified atom stereocenters. The Hall–Kier alpha value is -2.04. The van der Waals surface area contributed by atoms with Crippen LogP contribution in [-0.2, 0) is 9.59 Å². The lowest BCUT2D eigenvalue weighted by Crippen LogP contribution is -2.27. The Morgan fingerprint density at radius 2 is 1.75 bits per heavy atom. The van der Waals surface area contributed by atoms with Crippen molar-refractivity contribution in [2.75, 3.05) is 29.4 Å². The zero-order valence-corrected chi connectivity index (χ0v) is 14.7. The van der Waals surface area contributed by atoms with Crippen LogP contribution in [0.3, 0.4) is 0 Å². The zero-order chi connectivity index (χ0) is 17.5. The number of unbranched alkanes of at least 4 members (excludes halogenated alkanes) is 2. The molecule has 1 N–H and O–H groups in total. The summed E-state index contributed by atoms with van der Waals surface area (Å²) in [7, 11) is 0. The maximum absolute atomic E-state index is 12.0. The smallest absolute Gasteiger partial charge is 0.308 e. The maximum Gasteiger partial charge on any atom is 0.308 e. The van der Waals surface area contributed by atoms with Gasteiger partial charge >= 0.3 is 5.97 Å². The van der Waals surface area contributed by atoms with Gasteiger partial charge in [-0.2, -0.15) is 0 Å². The summed E-state index contributed by atoms with van der Waals surface area (Å²) in [4.78, 5) is 27.1. The normalized spacial score (nSPS) is 17.3. The molecule has 1 saturated heterocycles. The third kappa shape index (κ3) is 4.49. The van der Waals surface area contributed by atoms with Gasteiger partial charge in [-0.3, -0.25) is 9.59 Å². The predicted molar refractivity (Wildman–Crippen MR) is 96.6 cm³/mol. The van der Waals surface area contributed by atoms with Crippen LogP contribution in [0, 0.1) is 5.92 Å². The fourth-order valence-corrected chi connectivity index (χ4v) is 3.03. The molecule has 1 aromatic carbocycles. The summed E-state index contributed by atoms with van der Waals surface area (Å²) < 4.78 is 0. The SMILES string of the molecule is CCCCN(CCCC)c1ccc(N2C[C@@H](C(=O)O)CC2=O)cc1. The highest BCUT2D eigenvalue weighted by molar-refractivity contribution is 5.99. The quantitative estimate of drug-likeness (QED) is 0.751. The van der Waals surface area contributed by atoms with Gasteiger partial charge in [0.2, 0.25) is 5.91 Å². The number of hydrogen-bond acceptors (Lipinski definition) is 3. The van der Waals surface area contributed by atoms with Gasteiger partial charge in [0.25, 0.3) is 0 Å². The Kier molecular flexibility index (Phi) is 6.64. The van der Waals surface area contributed by atoms with Crippen molar-refractivity contribution in [1.82, 2.24) is 0 Å². The largest absolute Gasteiger partial charge is 0.481 e. The first kappa shape index (κ1) is 18.3. The molecule has 0 radical (unpaired) electrons. The standard InChI is InChI=1S/C19H28N2O3/c1-3-5-11-20(12-6-4-2)16-7-9-17(10-8-16)21-14-15(19(23)24)13-18(21)22/h7-10,15H,3-6,11-14H2,1-2H3,(H,23,24)/t15-/m0/s1. The lowest BCUT2D eigenvalue weighted by molar-refractivity contribution is -0.141. The average molecular weight is 332 g/mol. The first-order valence-electron chi connectivity index (χ1n) is 8.95. The molecule has 1 heterocycles. The first-order valence-corrected chi connectivity index (χ1v) is 8.95. The minimum Gasteiger partial charge on any atom is -0.481 e. The molecule has 24 heavy (non-hydrogen) atoms. The van der Waals surface area contributed by atoms with Gasteiger partial charge in [-0.1, -0.05) is 26.7 Å². The van der Waals surface area contributed by atoms with E-state index in [9.17, 15) is 9.59 Å².